The van der Waals surface area contributed by atoms with E-state index in [1.165, 1.54) is 5.56 Å². The number of piperidine rings is 1. The van der Waals surface area contributed by atoms with Crippen LogP contribution in [0.3, 0.4) is 0 Å². The molecule has 1 aromatic rings. The maximum absolute atomic E-state index is 12.3. The zero-order valence-corrected chi connectivity index (χ0v) is 14.7. The molecule has 1 fully saturated rings. The fourth-order valence-electron chi connectivity index (χ4n) is 3.16. The molecule has 1 heterocycles. The Labute approximate surface area is 144 Å². The molecule has 0 aromatic heterocycles. The zero-order chi connectivity index (χ0) is 17.5. The summed E-state index contributed by atoms with van der Waals surface area (Å²) in [5, 5.41) is 0. The van der Waals surface area contributed by atoms with Gasteiger partial charge in [-0.3, -0.25) is 9.59 Å². The first-order chi connectivity index (χ1) is 11.5. The van der Waals surface area contributed by atoms with Crippen molar-refractivity contribution in [3.63, 3.8) is 0 Å². The highest BCUT2D eigenvalue weighted by atomic mass is 16.2. The van der Waals surface area contributed by atoms with Crippen LogP contribution in [-0.4, -0.2) is 29.8 Å². The van der Waals surface area contributed by atoms with E-state index in [1.54, 1.807) is 0 Å². The van der Waals surface area contributed by atoms with E-state index in [4.69, 9.17) is 5.73 Å². The van der Waals surface area contributed by atoms with Crippen molar-refractivity contribution in [1.82, 2.24) is 4.90 Å². The van der Waals surface area contributed by atoms with Crippen molar-refractivity contribution in [3.05, 3.63) is 41.5 Å². The summed E-state index contributed by atoms with van der Waals surface area (Å²) >= 11 is 0. The third-order valence-electron chi connectivity index (χ3n) is 4.57. The van der Waals surface area contributed by atoms with Gasteiger partial charge in [-0.2, -0.15) is 0 Å². The number of primary amides is 1. The highest BCUT2D eigenvalue weighted by Crippen LogP contribution is 2.20. The van der Waals surface area contributed by atoms with Gasteiger partial charge in [0, 0.05) is 25.9 Å². The van der Waals surface area contributed by atoms with Gasteiger partial charge in [0.15, 0.2) is 0 Å². The van der Waals surface area contributed by atoms with Crippen LogP contribution in [0, 0.1) is 5.92 Å². The Morgan fingerprint density at radius 2 is 2.00 bits per heavy atom. The average molecular weight is 328 g/mol. The maximum atomic E-state index is 12.3. The second-order valence-corrected chi connectivity index (χ2v) is 6.95. The molecule has 0 aliphatic carbocycles. The lowest BCUT2D eigenvalue weighted by molar-refractivity contribution is -0.133. The van der Waals surface area contributed by atoms with Crippen LogP contribution in [0.4, 0.5) is 0 Å². The Hall–Kier alpha value is -2.10. The maximum Gasteiger partial charge on any atom is 0.226 e. The first-order valence-corrected chi connectivity index (χ1v) is 8.78. The van der Waals surface area contributed by atoms with Gasteiger partial charge >= 0.3 is 0 Å². The first-order valence-electron chi connectivity index (χ1n) is 8.78. The van der Waals surface area contributed by atoms with Crippen LogP contribution in [0.1, 0.15) is 56.6 Å². The minimum absolute atomic E-state index is 0.124. The second kappa shape index (κ2) is 8.67. The van der Waals surface area contributed by atoms with Crippen molar-refractivity contribution in [2.75, 3.05) is 13.1 Å². The van der Waals surface area contributed by atoms with Gasteiger partial charge in [-0.15, -0.1) is 0 Å². The van der Waals surface area contributed by atoms with E-state index in [-0.39, 0.29) is 17.7 Å². The molecule has 0 saturated carbocycles. The molecule has 0 spiro atoms. The molecule has 4 heteroatoms. The van der Waals surface area contributed by atoms with Gasteiger partial charge in [-0.1, -0.05) is 50.3 Å². The van der Waals surface area contributed by atoms with E-state index in [9.17, 15) is 9.59 Å². The van der Waals surface area contributed by atoms with Crippen molar-refractivity contribution in [1.29, 1.82) is 0 Å². The van der Waals surface area contributed by atoms with Crippen LogP contribution in [0.25, 0.3) is 6.08 Å². The molecule has 1 aliphatic heterocycles. The highest BCUT2D eigenvalue weighted by Gasteiger charge is 2.23. The molecule has 1 atom stereocenters. The standard InChI is InChI=1S/C20H28N2O2/c1-15(2)18-10-8-16(9-11-18)5-3-7-20(24)22-12-4-6-17(14-22)13-19(21)23/h3,5,8-11,15,17H,4,6-7,12-14H2,1-2H3,(H2,21,23)/b5-3+. The third kappa shape index (κ3) is 5.52. The topological polar surface area (TPSA) is 63.4 Å². The summed E-state index contributed by atoms with van der Waals surface area (Å²) in [7, 11) is 0. The van der Waals surface area contributed by atoms with Gasteiger partial charge in [0.25, 0.3) is 0 Å². The predicted octanol–water partition coefficient (Wildman–Crippen LogP) is 3.33. The molecule has 2 N–H and O–H groups in total. The Morgan fingerprint density at radius 3 is 2.62 bits per heavy atom. The van der Waals surface area contributed by atoms with E-state index >= 15 is 0 Å². The summed E-state index contributed by atoms with van der Waals surface area (Å²) in [4.78, 5) is 25.2. The molecule has 4 nitrogen and oxygen atoms in total. The van der Waals surface area contributed by atoms with Crippen LogP contribution in [0.15, 0.2) is 30.3 Å². The normalized spacial score (nSPS) is 18.3. The summed E-state index contributed by atoms with van der Waals surface area (Å²) < 4.78 is 0. The molecular weight excluding hydrogens is 300 g/mol. The summed E-state index contributed by atoms with van der Waals surface area (Å²) in [6.45, 7) is 5.78. The molecular formula is C20H28N2O2. The van der Waals surface area contributed by atoms with E-state index < -0.39 is 0 Å². The molecule has 24 heavy (non-hydrogen) atoms. The quantitative estimate of drug-likeness (QED) is 0.870. The molecule has 0 radical (unpaired) electrons. The molecule has 0 bridgehead atoms. The molecule has 1 aromatic carbocycles. The Bertz CT molecular complexity index is 590. The van der Waals surface area contributed by atoms with Crippen molar-refractivity contribution in [3.8, 4) is 0 Å². The van der Waals surface area contributed by atoms with E-state index in [2.05, 4.69) is 38.1 Å². The Morgan fingerprint density at radius 1 is 1.29 bits per heavy atom. The van der Waals surface area contributed by atoms with Crippen LogP contribution < -0.4 is 5.73 Å². The molecule has 1 saturated heterocycles. The predicted molar refractivity (Wildman–Crippen MR) is 97.3 cm³/mol. The number of rotatable bonds is 6. The Balaban J connectivity index is 1.84. The summed E-state index contributed by atoms with van der Waals surface area (Å²) in [5.41, 5.74) is 7.69. The van der Waals surface area contributed by atoms with Crippen LogP contribution in [0.2, 0.25) is 0 Å². The summed E-state index contributed by atoms with van der Waals surface area (Å²) in [6.07, 6.45) is 6.61. The average Bonchev–Trinajstić information content (AvgIpc) is 2.55. The van der Waals surface area contributed by atoms with Gasteiger partial charge in [0.2, 0.25) is 11.8 Å². The summed E-state index contributed by atoms with van der Waals surface area (Å²) in [5.74, 6) is 0.586. The molecule has 1 aliphatic rings. The van der Waals surface area contributed by atoms with Crippen molar-refractivity contribution >= 4 is 17.9 Å². The number of hydrogen-bond donors (Lipinski definition) is 1. The van der Waals surface area contributed by atoms with Crippen molar-refractivity contribution < 1.29 is 9.59 Å². The number of carbonyl (C=O) groups excluding carboxylic acids is 2. The fraction of sp³-hybridized carbons (Fsp3) is 0.500. The number of benzene rings is 1. The van der Waals surface area contributed by atoms with Gasteiger partial charge < -0.3 is 10.6 Å². The smallest absolute Gasteiger partial charge is 0.226 e. The first kappa shape index (κ1) is 18.2. The van der Waals surface area contributed by atoms with E-state index in [0.29, 0.717) is 25.3 Å². The van der Waals surface area contributed by atoms with Gasteiger partial charge in [-0.05, 0) is 35.8 Å². The number of hydrogen-bond acceptors (Lipinski definition) is 2. The van der Waals surface area contributed by atoms with Gasteiger partial charge in [-0.25, -0.2) is 0 Å². The minimum Gasteiger partial charge on any atom is -0.370 e. The molecule has 130 valence electrons. The van der Waals surface area contributed by atoms with Crippen molar-refractivity contribution in [2.24, 2.45) is 11.7 Å². The van der Waals surface area contributed by atoms with Crippen LogP contribution in [0.5, 0.6) is 0 Å². The number of nitrogens with two attached hydrogens (primary N) is 1. The van der Waals surface area contributed by atoms with Gasteiger partial charge in [0.05, 0.1) is 0 Å². The monoisotopic (exact) mass is 328 g/mol. The number of amides is 2. The molecule has 1 unspecified atom stereocenters. The summed E-state index contributed by atoms with van der Waals surface area (Å²) in [6, 6.07) is 8.43. The van der Waals surface area contributed by atoms with Gasteiger partial charge in [0.1, 0.15) is 0 Å². The number of likely N-dealkylation sites (tertiary alicyclic amines) is 1. The fourth-order valence-corrected chi connectivity index (χ4v) is 3.16. The van der Waals surface area contributed by atoms with Crippen LogP contribution >= 0.6 is 0 Å². The lowest BCUT2D eigenvalue weighted by atomic mass is 9.94. The second-order valence-electron chi connectivity index (χ2n) is 6.95. The lowest BCUT2D eigenvalue weighted by Gasteiger charge is -2.32. The molecule has 2 rings (SSSR count). The lowest BCUT2D eigenvalue weighted by Crippen LogP contribution is -2.40. The third-order valence-corrected chi connectivity index (χ3v) is 4.57. The number of carbonyl (C=O) groups is 2. The Kier molecular flexibility index (Phi) is 6.59. The SMILES string of the molecule is CC(C)c1ccc(/C=C/CC(=O)N2CCCC(CC(N)=O)C2)cc1. The number of nitrogens with zero attached hydrogens (tertiary/aromatic N) is 1. The van der Waals surface area contributed by atoms with Crippen LogP contribution in [-0.2, 0) is 9.59 Å². The van der Waals surface area contributed by atoms with E-state index in [0.717, 1.165) is 24.9 Å². The molecule has 2 amide bonds. The zero-order valence-electron chi connectivity index (χ0n) is 14.7. The highest BCUT2D eigenvalue weighted by molar-refractivity contribution is 5.79. The largest absolute Gasteiger partial charge is 0.370 e. The van der Waals surface area contributed by atoms with Crippen molar-refractivity contribution in [2.45, 2.75) is 45.4 Å². The minimum atomic E-state index is -0.279. The van der Waals surface area contributed by atoms with E-state index in [1.807, 2.05) is 17.1 Å².